The SMILES string of the molecule is Cc1cc(C(=O)COC(=O)CNC(=O)c2ccc3c(c2)OCO3)c(C)n1CCC1=CCCCC1. The zero-order chi connectivity index (χ0) is 24.1. The molecule has 0 unspecified atom stereocenters. The van der Waals surface area contributed by atoms with Crippen molar-refractivity contribution < 1.29 is 28.6 Å². The average Bonchev–Trinajstić information content (AvgIpc) is 3.43. The number of ketones is 1. The van der Waals surface area contributed by atoms with E-state index in [1.54, 1.807) is 18.2 Å². The second kappa shape index (κ2) is 10.6. The third-order valence-corrected chi connectivity index (χ3v) is 6.31. The van der Waals surface area contributed by atoms with Crippen LogP contribution in [0.15, 0.2) is 35.9 Å². The first kappa shape index (κ1) is 23.6. The number of rotatable bonds is 9. The Morgan fingerprint density at radius 2 is 1.91 bits per heavy atom. The van der Waals surface area contributed by atoms with Crippen molar-refractivity contribution in [1.29, 1.82) is 0 Å². The zero-order valence-electron chi connectivity index (χ0n) is 19.6. The van der Waals surface area contributed by atoms with Gasteiger partial charge in [0.2, 0.25) is 12.6 Å². The number of hydrogen-bond donors (Lipinski definition) is 1. The first-order valence-corrected chi connectivity index (χ1v) is 11.6. The highest BCUT2D eigenvalue weighted by molar-refractivity contribution is 6.00. The monoisotopic (exact) mass is 466 g/mol. The number of aromatic nitrogens is 1. The number of nitrogens with one attached hydrogen (secondary N) is 1. The number of carbonyl (C=O) groups excluding carboxylic acids is 3. The van der Waals surface area contributed by atoms with Gasteiger partial charge >= 0.3 is 5.97 Å². The first-order valence-electron chi connectivity index (χ1n) is 11.6. The number of ether oxygens (including phenoxy) is 3. The summed E-state index contributed by atoms with van der Waals surface area (Å²) < 4.78 is 17.7. The summed E-state index contributed by atoms with van der Waals surface area (Å²) >= 11 is 0. The molecular formula is C26H30N2O6. The molecule has 1 amide bonds. The molecular weight excluding hydrogens is 436 g/mol. The number of fused-ring (bicyclic) bond motifs is 1. The van der Waals surface area contributed by atoms with Crippen LogP contribution in [0.4, 0.5) is 0 Å². The Balaban J connectivity index is 1.25. The Kier molecular flexibility index (Phi) is 7.35. The van der Waals surface area contributed by atoms with E-state index in [1.165, 1.54) is 18.4 Å². The maximum absolute atomic E-state index is 12.7. The minimum Gasteiger partial charge on any atom is -0.456 e. The molecule has 0 saturated carbocycles. The van der Waals surface area contributed by atoms with Crippen LogP contribution in [0, 0.1) is 13.8 Å². The maximum atomic E-state index is 12.7. The molecule has 0 bridgehead atoms. The lowest BCUT2D eigenvalue weighted by atomic mass is 9.97. The molecule has 2 heterocycles. The van der Waals surface area contributed by atoms with Crippen molar-refractivity contribution in [3.8, 4) is 11.5 Å². The predicted octanol–water partition coefficient (Wildman–Crippen LogP) is 3.88. The Bertz CT molecular complexity index is 1130. The van der Waals surface area contributed by atoms with E-state index < -0.39 is 11.9 Å². The number of allylic oxidation sites excluding steroid dienone is 2. The maximum Gasteiger partial charge on any atom is 0.325 e. The summed E-state index contributed by atoms with van der Waals surface area (Å²) in [6, 6.07) is 6.62. The summed E-state index contributed by atoms with van der Waals surface area (Å²) in [5.41, 5.74) is 4.28. The zero-order valence-corrected chi connectivity index (χ0v) is 19.6. The molecule has 2 aliphatic rings. The number of hydrogen-bond acceptors (Lipinski definition) is 6. The third-order valence-electron chi connectivity index (χ3n) is 6.31. The van der Waals surface area contributed by atoms with Crippen LogP contribution in [-0.2, 0) is 16.1 Å². The summed E-state index contributed by atoms with van der Waals surface area (Å²) in [6.45, 7) is 4.14. The molecule has 8 nitrogen and oxygen atoms in total. The van der Waals surface area contributed by atoms with Gasteiger partial charge < -0.3 is 24.1 Å². The second-order valence-electron chi connectivity index (χ2n) is 8.63. The molecule has 0 atom stereocenters. The van der Waals surface area contributed by atoms with Crippen LogP contribution in [-0.4, -0.2) is 42.2 Å². The van der Waals surface area contributed by atoms with Crippen molar-refractivity contribution >= 4 is 17.7 Å². The number of aryl methyl sites for hydroxylation is 1. The van der Waals surface area contributed by atoms with Crippen LogP contribution in [0.1, 0.15) is 64.2 Å². The number of amides is 1. The van der Waals surface area contributed by atoms with E-state index in [1.807, 2.05) is 19.9 Å². The van der Waals surface area contributed by atoms with Gasteiger partial charge in [-0.25, -0.2) is 0 Å². The molecule has 4 rings (SSSR count). The molecule has 1 N–H and O–H groups in total. The van der Waals surface area contributed by atoms with Gasteiger partial charge in [0.15, 0.2) is 18.1 Å². The molecule has 0 fully saturated rings. The second-order valence-corrected chi connectivity index (χ2v) is 8.63. The van der Waals surface area contributed by atoms with E-state index in [2.05, 4.69) is 16.0 Å². The van der Waals surface area contributed by atoms with Crippen molar-refractivity contribution in [3.05, 3.63) is 58.4 Å². The fraction of sp³-hybridized carbons (Fsp3) is 0.423. The van der Waals surface area contributed by atoms with Gasteiger partial charge in [0.05, 0.1) is 0 Å². The van der Waals surface area contributed by atoms with Crippen LogP contribution in [0.5, 0.6) is 11.5 Å². The number of nitrogens with zero attached hydrogens (tertiary/aromatic N) is 1. The van der Waals surface area contributed by atoms with Gasteiger partial charge in [-0.2, -0.15) is 0 Å². The summed E-state index contributed by atoms with van der Waals surface area (Å²) in [7, 11) is 0. The van der Waals surface area contributed by atoms with E-state index in [-0.39, 0.29) is 25.7 Å². The molecule has 1 aliphatic heterocycles. The number of carbonyl (C=O) groups is 3. The normalized spacial score (nSPS) is 14.5. The van der Waals surface area contributed by atoms with Crippen LogP contribution >= 0.6 is 0 Å². The fourth-order valence-electron chi connectivity index (χ4n) is 4.38. The van der Waals surface area contributed by atoms with Gasteiger partial charge in [0.1, 0.15) is 6.54 Å². The van der Waals surface area contributed by atoms with E-state index in [0.29, 0.717) is 22.6 Å². The van der Waals surface area contributed by atoms with Gasteiger partial charge in [-0.3, -0.25) is 14.4 Å². The quantitative estimate of drug-likeness (QED) is 0.342. The van der Waals surface area contributed by atoms with Crippen molar-refractivity contribution in [3.63, 3.8) is 0 Å². The fourth-order valence-corrected chi connectivity index (χ4v) is 4.38. The van der Waals surface area contributed by atoms with Gasteiger partial charge in [-0.15, -0.1) is 0 Å². The van der Waals surface area contributed by atoms with Crippen molar-refractivity contribution in [2.75, 3.05) is 19.9 Å². The Hall–Kier alpha value is -3.55. The van der Waals surface area contributed by atoms with Crippen LogP contribution in [0.3, 0.4) is 0 Å². The minimum absolute atomic E-state index is 0.112. The Morgan fingerprint density at radius 3 is 2.71 bits per heavy atom. The Labute approximate surface area is 198 Å². The molecule has 0 spiro atoms. The molecule has 1 aliphatic carbocycles. The summed E-state index contributed by atoms with van der Waals surface area (Å²) in [6.07, 6.45) is 8.17. The summed E-state index contributed by atoms with van der Waals surface area (Å²) in [5, 5.41) is 2.50. The lowest BCUT2D eigenvalue weighted by Gasteiger charge is -2.15. The van der Waals surface area contributed by atoms with Crippen LogP contribution in [0.25, 0.3) is 0 Å². The molecule has 34 heavy (non-hydrogen) atoms. The highest BCUT2D eigenvalue weighted by Crippen LogP contribution is 2.32. The molecule has 0 radical (unpaired) electrons. The minimum atomic E-state index is -0.680. The molecule has 1 aromatic heterocycles. The number of esters is 1. The summed E-state index contributed by atoms with van der Waals surface area (Å²) in [4.78, 5) is 37.1. The van der Waals surface area contributed by atoms with E-state index >= 15 is 0 Å². The van der Waals surface area contributed by atoms with Gasteiger partial charge in [-0.1, -0.05) is 11.6 Å². The molecule has 1 aromatic carbocycles. The van der Waals surface area contributed by atoms with E-state index in [4.69, 9.17) is 14.2 Å². The predicted molar refractivity (Wildman–Crippen MR) is 125 cm³/mol. The summed E-state index contributed by atoms with van der Waals surface area (Å²) in [5.74, 6) is -0.334. The number of Topliss-reactive ketones (excluding diaryl/α,β-unsaturated/α-hetero) is 1. The first-order chi connectivity index (χ1) is 16.4. The number of benzene rings is 1. The molecule has 0 saturated heterocycles. The highest BCUT2D eigenvalue weighted by Gasteiger charge is 2.19. The van der Waals surface area contributed by atoms with Crippen LogP contribution in [0.2, 0.25) is 0 Å². The topological polar surface area (TPSA) is 95.9 Å². The lowest BCUT2D eigenvalue weighted by Crippen LogP contribution is -2.31. The molecule has 2 aromatic rings. The van der Waals surface area contributed by atoms with Crippen LogP contribution < -0.4 is 14.8 Å². The standard InChI is InChI=1S/C26H30N2O6/c1-17-12-21(18(2)28(17)11-10-19-6-4-3-5-7-19)22(29)15-32-25(30)14-27-26(31)20-8-9-23-24(13-20)34-16-33-23/h6,8-9,12-13H,3-5,7,10-11,14-16H2,1-2H3,(H,27,31). The van der Waals surface area contributed by atoms with Crippen molar-refractivity contribution in [1.82, 2.24) is 9.88 Å². The highest BCUT2D eigenvalue weighted by atomic mass is 16.7. The lowest BCUT2D eigenvalue weighted by molar-refractivity contribution is -0.141. The average molecular weight is 467 g/mol. The largest absolute Gasteiger partial charge is 0.456 e. The Morgan fingerprint density at radius 1 is 1.09 bits per heavy atom. The van der Waals surface area contributed by atoms with Crippen molar-refractivity contribution in [2.24, 2.45) is 0 Å². The van der Waals surface area contributed by atoms with E-state index in [0.717, 1.165) is 37.2 Å². The van der Waals surface area contributed by atoms with Gasteiger partial charge in [0, 0.05) is 29.1 Å². The smallest absolute Gasteiger partial charge is 0.325 e. The van der Waals surface area contributed by atoms with Crippen molar-refractivity contribution in [2.45, 2.75) is 52.5 Å². The molecule has 8 heteroatoms. The van der Waals surface area contributed by atoms with E-state index in [9.17, 15) is 14.4 Å². The third kappa shape index (κ3) is 5.50. The van der Waals surface area contributed by atoms with Gasteiger partial charge in [0.25, 0.3) is 5.91 Å². The van der Waals surface area contributed by atoms with Gasteiger partial charge in [-0.05, 0) is 70.2 Å². The molecule has 180 valence electrons.